The molecule has 0 aliphatic rings. The Bertz CT molecular complexity index is 202. The van der Waals surface area contributed by atoms with Crippen molar-refractivity contribution in [3.63, 3.8) is 0 Å². The topological polar surface area (TPSA) is 41.3 Å². The maximum atomic E-state index is 5.76. The van der Waals surface area contributed by atoms with Gasteiger partial charge in [0, 0.05) is 11.6 Å². The van der Waals surface area contributed by atoms with Gasteiger partial charge < -0.3 is 0 Å². The molecule has 0 amide bonds. The van der Waals surface area contributed by atoms with Crippen molar-refractivity contribution in [3.8, 4) is 0 Å². The lowest BCUT2D eigenvalue weighted by molar-refractivity contribution is 0.0660. The second-order valence-corrected chi connectivity index (χ2v) is 4.82. The lowest BCUT2D eigenvalue weighted by atomic mass is 9.84. The number of unbranched alkanes of at least 4 members (excludes halogenated alkanes) is 1. The average Bonchev–Trinajstić information content (AvgIpc) is 2.35. The third-order valence-corrected chi connectivity index (χ3v) is 4.05. The highest BCUT2D eigenvalue weighted by atomic mass is 15.3. The number of allylic oxidation sites excluding steroid dienone is 1. The van der Waals surface area contributed by atoms with Crippen molar-refractivity contribution in [2.75, 3.05) is 13.1 Å². The molecule has 0 bridgehead atoms. The van der Waals surface area contributed by atoms with Crippen LogP contribution in [0.3, 0.4) is 0 Å². The summed E-state index contributed by atoms with van der Waals surface area (Å²) in [6, 6.07) is 0.340. The van der Waals surface area contributed by atoms with E-state index in [2.05, 4.69) is 44.6 Å². The monoisotopic (exact) mass is 241 g/mol. The summed E-state index contributed by atoms with van der Waals surface area (Å²) in [5, 5.41) is 0. The minimum absolute atomic E-state index is 0.138. The summed E-state index contributed by atoms with van der Waals surface area (Å²) in [5.41, 5.74) is 3.16. The van der Waals surface area contributed by atoms with Crippen LogP contribution in [-0.4, -0.2) is 29.6 Å². The number of hydrazine groups is 1. The Balaban J connectivity index is 4.68. The first-order chi connectivity index (χ1) is 8.10. The fraction of sp³-hybridized carbons (Fsp3) is 0.857. The lowest BCUT2D eigenvalue weighted by Crippen LogP contribution is -2.60. The van der Waals surface area contributed by atoms with Crippen molar-refractivity contribution >= 4 is 0 Å². The van der Waals surface area contributed by atoms with Crippen LogP contribution in [-0.2, 0) is 0 Å². The van der Waals surface area contributed by atoms with Gasteiger partial charge in [0.25, 0.3) is 0 Å². The van der Waals surface area contributed by atoms with E-state index in [4.69, 9.17) is 5.84 Å². The van der Waals surface area contributed by atoms with Crippen LogP contribution in [0.1, 0.15) is 53.4 Å². The quantitative estimate of drug-likeness (QED) is 0.267. The summed E-state index contributed by atoms with van der Waals surface area (Å²) < 4.78 is 0. The summed E-state index contributed by atoms with van der Waals surface area (Å²) in [4.78, 5) is 2.51. The summed E-state index contributed by atoms with van der Waals surface area (Å²) in [6.07, 6.45) is 6.40. The van der Waals surface area contributed by atoms with Crippen LogP contribution in [0, 0.1) is 0 Å². The highest BCUT2D eigenvalue weighted by Crippen LogP contribution is 2.26. The lowest BCUT2D eigenvalue weighted by Gasteiger charge is -2.45. The minimum atomic E-state index is 0.138. The van der Waals surface area contributed by atoms with Gasteiger partial charge in [0.1, 0.15) is 0 Å². The van der Waals surface area contributed by atoms with Gasteiger partial charge in [-0.1, -0.05) is 26.8 Å². The zero-order chi connectivity index (χ0) is 13.3. The molecule has 2 unspecified atom stereocenters. The Morgan fingerprint density at radius 3 is 2.29 bits per heavy atom. The summed E-state index contributed by atoms with van der Waals surface area (Å²) in [7, 11) is 0. The average molecular weight is 241 g/mol. The fourth-order valence-corrected chi connectivity index (χ4v) is 2.68. The fourth-order valence-electron chi connectivity index (χ4n) is 2.68. The zero-order valence-electron chi connectivity index (χ0n) is 12.1. The molecule has 3 heteroatoms. The predicted octanol–water partition coefficient (Wildman–Crippen LogP) is 2.69. The van der Waals surface area contributed by atoms with Crippen LogP contribution in [0.4, 0.5) is 0 Å². The molecule has 2 atom stereocenters. The number of nitrogens with one attached hydrogen (secondary N) is 1. The van der Waals surface area contributed by atoms with Crippen molar-refractivity contribution < 1.29 is 0 Å². The van der Waals surface area contributed by atoms with E-state index in [-0.39, 0.29) is 5.54 Å². The smallest absolute Gasteiger partial charge is 0.0392 e. The van der Waals surface area contributed by atoms with Crippen molar-refractivity contribution in [2.45, 2.75) is 65.0 Å². The summed E-state index contributed by atoms with van der Waals surface area (Å²) >= 11 is 0. The molecular weight excluding hydrogens is 210 g/mol. The molecule has 0 fully saturated rings. The highest BCUT2D eigenvalue weighted by Gasteiger charge is 2.35. The van der Waals surface area contributed by atoms with Crippen LogP contribution in [0.25, 0.3) is 0 Å². The van der Waals surface area contributed by atoms with Crippen molar-refractivity contribution in [3.05, 3.63) is 12.7 Å². The largest absolute Gasteiger partial charge is 0.297 e. The van der Waals surface area contributed by atoms with Crippen LogP contribution in [0.15, 0.2) is 12.7 Å². The van der Waals surface area contributed by atoms with E-state index in [1.165, 1.54) is 0 Å². The number of hydrogen-bond donors (Lipinski definition) is 2. The van der Waals surface area contributed by atoms with Crippen molar-refractivity contribution in [1.29, 1.82) is 0 Å². The third kappa shape index (κ3) is 4.41. The van der Waals surface area contributed by atoms with Crippen LogP contribution in [0.5, 0.6) is 0 Å². The standard InChI is InChI=1S/C14H31N3/c1-6-10-11-12-13(16-15)14(5,7-2)17(8-3)9-4/h6,13,16H,1,7-12,15H2,2-5H3. The molecule has 0 aliphatic heterocycles. The molecule has 0 aromatic rings. The van der Waals surface area contributed by atoms with Gasteiger partial charge in [0.05, 0.1) is 0 Å². The molecule has 0 aromatic carbocycles. The number of nitrogens with zero attached hydrogens (tertiary/aromatic N) is 1. The Labute approximate surface area is 107 Å². The minimum Gasteiger partial charge on any atom is -0.297 e. The predicted molar refractivity (Wildman–Crippen MR) is 76.8 cm³/mol. The van der Waals surface area contributed by atoms with Crippen LogP contribution < -0.4 is 11.3 Å². The molecule has 17 heavy (non-hydrogen) atoms. The van der Waals surface area contributed by atoms with E-state index < -0.39 is 0 Å². The van der Waals surface area contributed by atoms with Crippen LogP contribution >= 0.6 is 0 Å². The number of nitrogens with two attached hydrogens (primary N) is 1. The van der Waals surface area contributed by atoms with Gasteiger partial charge in [0.15, 0.2) is 0 Å². The van der Waals surface area contributed by atoms with Crippen molar-refractivity contribution in [2.24, 2.45) is 5.84 Å². The molecule has 3 N–H and O–H groups in total. The highest BCUT2D eigenvalue weighted by molar-refractivity contribution is 4.95. The van der Waals surface area contributed by atoms with Gasteiger partial charge in [-0.05, 0) is 45.7 Å². The molecular formula is C14H31N3. The Hall–Kier alpha value is -0.380. The number of hydrogen-bond acceptors (Lipinski definition) is 3. The second-order valence-electron chi connectivity index (χ2n) is 4.82. The maximum Gasteiger partial charge on any atom is 0.0392 e. The first-order valence-electron chi connectivity index (χ1n) is 6.92. The van der Waals surface area contributed by atoms with Gasteiger partial charge in [-0.2, -0.15) is 0 Å². The first kappa shape index (κ1) is 16.6. The molecule has 0 radical (unpaired) electrons. The van der Waals surface area contributed by atoms with Gasteiger partial charge in [0.2, 0.25) is 0 Å². The maximum absolute atomic E-state index is 5.76. The molecule has 0 saturated heterocycles. The van der Waals surface area contributed by atoms with Gasteiger partial charge >= 0.3 is 0 Å². The van der Waals surface area contributed by atoms with E-state index in [9.17, 15) is 0 Å². The summed E-state index contributed by atoms with van der Waals surface area (Å²) in [5.74, 6) is 5.76. The van der Waals surface area contributed by atoms with E-state index in [1.807, 2.05) is 6.08 Å². The van der Waals surface area contributed by atoms with E-state index in [0.29, 0.717) is 6.04 Å². The second kappa shape index (κ2) is 8.67. The number of likely N-dealkylation sites (N-methyl/N-ethyl adjacent to an activating group) is 1. The van der Waals surface area contributed by atoms with E-state index >= 15 is 0 Å². The molecule has 0 rings (SSSR count). The van der Waals surface area contributed by atoms with Crippen LogP contribution in [0.2, 0.25) is 0 Å². The Morgan fingerprint density at radius 2 is 1.94 bits per heavy atom. The molecule has 102 valence electrons. The molecule has 0 saturated carbocycles. The molecule has 0 spiro atoms. The first-order valence-corrected chi connectivity index (χ1v) is 6.92. The SMILES string of the molecule is C=CCCCC(NN)C(C)(CC)N(CC)CC. The van der Waals surface area contributed by atoms with Gasteiger partial charge in [-0.3, -0.25) is 16.2 Å². The molecule has 0 aromatic heterocycles. The molecule has 0 heterocycles. The third-order valence-electron chi connectivity index (χ3n) is 4.05. The molecule has 0 aliphatic carbocycles. The van der Waals surface area contributed by atoms with E-state index in [0.717, 1.165) is 38.8 Å². The van der Waals surface area contributed by atoms with Gasteiger partial charge in [-0.15, -0.1) is 6.58 Å². The Morgan fingerprint density at radius 1 is 1.35 bits per heavy atom. The zero-order valence-corrected chi connectivity index (χ0v) is 12.1. The normalized spacial score (nSPS) is 16.8. The summed E-state index contributed by atoms with van der Waals surface area (Å²) in [6.45, 7) is 14.9. The molecule has 3 nitrogen and oxygen atoms in total. The van der Waals surface area contributed by atoms with E-state index in [1.54, 1.807) is 0 Å². The Kier molecular flexibility index (Phi) is 8.48. The van der Waals surface area contributed by atoms with Gasteiger partial charge in [-0.25, -0.2) is 0 Å². The number of rotatable bonds is 10. The van der Waals surface area contributed by atoms with Crippen molar-refractivity contribution in [1.82, 2.24) is 10.3 Å².